The second-order valence-electron chi connectivity index (χ2n) is 4.46. The second-order valence-corrected chi connectivity index (χ2v) is 4.46. The molecule has 0 radical (unpaired) electrons. The Hall–Kier alpha value is -1.49. The van der Waals surface area contributed by atoms with Crippen LogP contribution in [-0.4, -0.2) is 18.2 Å². The van der Waals surface area contributed by atoms with Crippen LogP contribution in [0.15, 0.2) is 36.5 Å². The molecule has 2 atom stereocenters. The summed E-state index contributed by atoms with van der Waals surface area (Å²) in [6.45, 7) is 2.03. The molecule has 96 valence electrons. The van der Waals surface area contributed by atoms with Crippen molar-refractivity contribution in [3.63, 3.8) is 0 Å². The number of hydrogen-bond acceptors (Lipinski definition) is 4. The summed E-state index contributed by atoms with van der Waals surface area (Å²) in [5.41, 5.74) is 4.91. The normalized spacial score (nSPS) is 14.6. The monoisotopic (exact) mass is 245 g/mol. The quantitative estimate of drug-likeness (QED) is 0.626. The Balaban J connectivity index is 2.27. The molecule has 0 amide bonds. The fourth-order valence-electron chi connectivity index (χ4n) is 2.01. The molecule has 0 fully saturated rings. The van der Waals surface area contributed by atoms with Crippen molar-refractivity contribution < 1.29 is 4.74 Å². The van der Waals surface area contributed by atoms with E-state index in [1.54, 1.807) is 7.11 Å². The van der Waals surface area contributed by atoms with Gasteiger partial charge in [0, 0.05) is 24.7 Å². The molecule has 0 aliphatic rings. The number of benzene rings is 1. The Morgan fingerprint density at radius 1 is 1.39 bits per heavy atom. The molecule has 0 aliphatic heterocycles. The maximum absolute atomic E-state index is 5.62. The zero-order valence-corrected chi connectivity index (χ0v) is 10.8. The second kappa shape index (κ2) is 5.91. The number of nitrogens with one attached hydrogen (secondary N) is 1. The number of aromatic nitrogens is 1. The molecule has 2 aromatic rings. The van der Waals surface area contributed by atoms with Crippen molar-refractivity contribution in [3.05, 3.63) is 42.1 Å². The first-order valence-electron chi connectivity index (χ1n) is 6.08. The molecule has 0 saturated heterocycles. The van der Waals surface area contributed by atoms with E-state index in [0.29, 0.717) is 0 Å². The van der Waals surface area contributed by atoms with Crippen LogP contribution in [0.4, 0.5) is 0 Å². The SMILES string of the molecule is COC(C)CC(NN)c1cnc2ccccc2c1. The lowest BCUT2D eigenvalue weighted by molar-refractivity contribution is 0.100. The minimum atomic E-state index is 0.0528. The number of para-hydroxylation sites is 1. The molecule has 1 aromatic carbocycles. The third kappa shape index (κ3) is 2.85. The number of ether oxygens (including phenoxy) is 1. The molecule has 2 unspecified atom stereocenters. The van der Waals surface area contributed by atoms with Crippen LogP contribution in [0, 0.1) is 0 Å². The van der Waals surface area contributed by atoms with Gasteiger partial charge in [0.1, 0.15) is 0 Å². The van der Waals surface area contributed by atoms with E-state index < -0.39 is 0 Å². The molecule has 2 rings (SSSR count). The number of rotatable bonds is 5. The largest absolute Gasteiger partial charge is 0.382 e. The van der Waals surface area contributed by atoms with Gasteiger partial charge in [0.05, 0.1) is 11.6 Å². The van der Waals surface area contributed by atoms with Crippen LogP contribution in [0.25, 0.3) is 10.9 Å². The summed E-state index contributed by atoms with van der Waals surface area (Å²) in [5, 5.41) is 1.13. The zero-order chi connectivity index (χ0) is 13.0. The van der Waals surface area contributed by atoms with Gasteiger partial charge in [-0.25, -0.2) is 0 Å². The van der Waals surface area contributed by atoms with Crippen LogP contribution < -0.4 is 11.3 Å². The van der Waals surface area contributed by atoms with Crippen molar-refractivity contribution in [2.45, 2.75) is 25.5 Å². The first kappa shape index (κ1) is 13.0. The van der Waals surface area contributed by atoms with Crippen LogP contribution in [0.5, 0.6) is 0 Å². The highest BCUT2D eigenvalue weighted by Crippen LogP contribution is 2.21. The molecular formula is C14H19N3O. The van der Waals surface area contributed by atoms with E-state index >= 15 is 0 Å². The molecular weight excluding hydrogens is 226 g/mol. The van der Waals surface area contributed by atoms with Crippen LogP contribution in [0.3, 0.4) is 0 Å². The molecule has 1 heterocycles. The number of fused-ring (bicyclic) bond motifs is 1. The summed E-state index contributed by atoms with van der Waals surface area (Å²) < 4.78 is 5.28. The number of hydrogen-bond donors (Lipinski definition) is 2. The van der Waals surface area contributed by atoms with Crippen LogP contribution in [-0.2, 0) is 4.74 Å². The van der Waals surface area contributed by atoms with Crippen molar-refractivity contribution in [3.8, 4) is 0 Å². The summed E-state index contributed by atoms with van der Waals surface area (Å²) in [4.78, 5) is 4.45. The van der Waals surface area contributed by atoms with Crippen LogP contribution >= 0.6 is 0 Å². The predicted octanol–water partition coefficient (Wildman–Crippen LogP) is 2.16. The van der Waals surface area contributed by atoms with Gasteiger partial charge in [-0.05, 0) is 31.0 Å². The Bertz CT molecular complexity index is 515. The van der Waals surface area contributed by atoms with Crippen molar-refractivity contribution in [1.29, 1.82) is 0 Å². The topological polar surface area (TPSA) is 60.2 Å². The van der Waals surface area contributed by atoms with Gasteiger partial charge in [-0.1, -0.05) is 18.2 Å². The zero-order valence-electron chi connectivity index (χ0n) is 10.8. The Morgan fingerprint density at radius 2 is 2.17 bits per heavy atom. The van der Waals surface area contributed by atoms with Gasteiger partial charge in [-0.2, -0.15) is 0 Å². The van der Waals surface area contributed by atoms with E-state index in [0.717, 1.165) is 22.9 Å². The fraction of sp³-hybridized carbons (Fsp3) is 0.357. The highest BCUT2D eigenvalue weighted by Gasteiger charge is 2.14. The van der Waals surface area contributed by atoms with Crippen molar-refractivity contribution in [2.24, 2.45) is 5.84 Å². The van der Waals surface area contributed by atoms with Gasteiger partial charge in [0.25, 0.3) is 0 Å². The third-order valence-corrected chi connectivity index (χ3v) is 3.19. The number of nitrogens with zero attached hydrogens (tertiary/aromatic N) is 1. The number of nitrogens with two attached hydrogens (primary N) is 1. The van der Waals surface area contributed by atoms with Gasteiger partial charge >= 0.3 is 0 Å². The summed E-state index contributed by atoms with van der Waals surface area (Å²) in [6.07, 6.45) is 2.83. The van der Waals surface area contributed by atoms with E-state index in [1.165, 1.54) is 0 Å². The van der Waals surface area contributed by atoms with Crippen molar-refractivity contribution >= 4 is 10.9 Å². The lowest BCUT2D eigenvalue weighted by Crippen LogP contribution is -2.30. The molecule has 3 N–H and O–H groups in total. The van der Waals surface area contributed by atoms with E-state index in [1.807, 2.05) is 31.3 Å². The Kier molecular flexibility index (Phi) is 4.25. The molecule has 0 aliphatic carbocycles. The van der Waals surface area contributed by atoms with Gasteiger partial charge in [-0.15, -0.1) is 0 Å². The third-order valence-electron chi connectivity index (χ3n) is 3.19. The summed E-state index contributed by atoms with van der Waals surface area (Å²) in [5.74, 6) is 5.62. The average molecular weight is 245 g/mol. The molecule has 0 saturated carbocycles. The van der Waals surface area contributed by atoms with E-state index in [9.17, 15) is 0 Å². The molecule has 18 heavy (non-hydrogen) atoms. The molecule has 4 nitrogen and oxygen atoms in total. The van der Waals surface area contributed by atoms with E-state index in [2.05, 4.69) is 22.5 Å². The van der Waals surface area contributed by atoms with Crippen molar-refractivity contribution in [1.82, 2.24) is 10.4 Å². The van der Waals surface area contributed by atoms with Crippen molar-refractivity contribution in [2.75, 3.05) is 7.11 Å². The van der Waals surface area contributed by atoms with Crippen LogP contribution in [0.2, 0.25) is 0 Å². The van der Waals surface area contributed by atoms with Gasteiger partial charge in [-0.3, -0.25) is 16.3 Å². The van der Waals surface area contributed by atoms with Gasteiger partial charge < -0.3 is 4.74 Å². The lowest BCUT2D eigenvalue weighted by Gasteiger charge is -2.19. The molecule has 1 aromatic heterocycles. The Morgan fingerprint density at radius 3 is 2.89 bits per heavy atom. The first-order chi connectivity index (χ1) is 8.74. The fourth-order valence-corrected chi connectivity index (χ4v) is 2.01. The number of methoxy groups -OCH3 is 1. The van der Waals surface area contributed by atoms with E-state index in [-0.39, 0.29) is 12.1 Å². The first-order valence-corrected chi connectivity index (χ1v) is 6.08. The minimum absolute atomic E-state index is 0.0528. The van der Waals surface area contributed by atoms with Gasteiger partial charge in [0.15, 0.2) is 0 Å². The predicted molar refractivity (Wildman–Crippen MR) is 72.9 cm³/mol. The standard InChI is InChI=1S/C14H19N3O/c1-10(18-2)7-14(17-15)12-8-11-5-3-4-6-13(11)16-9-12/h3-6,8-10,14,17H,7,15H2,1-2H3. The number of pyridine rings is 1. The summed E-state index contributed by atoms with van der Waals surface area (Å²) >= 11 is 0. The van der Waals surface area contributed by atoms with Gasteiger partial charge in [0.2, 0.25) is 0 Å². The summed E-state index contributed by atoms with van der Waals surface area (Å²) in [6, 6.07) is 10.2. The maximum atomic E-state index is 5.62. The summed E-state index contributed by atoms with van der Waals surface area (Å²) in [7, 11) is 1.71. The smallest absolute Gasteiger partial charge is 0.0702 e. The molecule has 0 bridgehead atoms. The minimum Gasteiger partial charge on any atom is -0.382 e. The highest BCUT2D eigenvalue weighted by atomic mass is 16.5. The number of hydrazine groups is 1. The average Bonchev–Trinajstić information content (AvgIpc) is 2.44. The lowest BCUT2D eigenvalue weighted by atomic mass is 10.0. The maximum Gasteiger partial charge on any atom is 0.0702 e. The van der Waals surface area contributed by atoms with E-state index in [4.69, 9.17) is 10.6 Å². The Labute approximate surface area is 107 Å². The highest BCUT2D eigenvalue weighted by molar-refractivity contribution is 5.78. The van der Waals surface area contributed by atoms with Crippen LogP contribution in [0.1, 0.15) is 24.9 Å². The molecule has 4 heteroatoms. The molecule has 0 spiro atoms.